The van der Waals surface area contributed by atoms with Gasteiger partial charge < -0.3 is 4.90 Å². The Morgan fingerprint density at radius 3 is 2.47 bits per heavy atom. The second kappa shape index (κ2) is 7.46. The van der Waals surface area contributed by atoms with Gasteiger partial charge in [0, 0.05) is 32.7 Å². The van der Waals surface area contributed by atoms with Crippen molar-refractivity contribution in [3.63, 3.8) is 0 Å². The minimum absolute atomic E-state index is 0. The fraction of sp³-hybridized carbons (Fsp3) is 0.143. The molecule has 0 amide bonds. The van der Waals surface area contributed by atoms with E-state index in [1.807, 2.05) is 30.3 Å². The molecule has 0 atom stereocenters. The van der Waals surface area contributed by atoms with Crippen LogP contribution in [0.4, 0.5) is 8.78 Å². The molecule has 97 valence electrons. The standard InChI is InChI=1S/C14H11BrF2N.Y/c1-10-12(15)7-8-13(18(10)9-14(16)17)11-5-3-2-4-6-11;/h2-7,14H,1,9H2;/q-1;. The van der Waals surface area contributed by atoms with E-state index in [0.717, 1.165) is 5.56 Å². The Bertz CT molecular complexity index is 511. The van der Waals surface area contributed by atoms with E-state index in [9.17, 15) is 8.78 Å². The monoisotopic (exact) mass is 399 g/mol. The van der Waals surface area contributed by atoms with Gasteiger partial charge in [-0.1, -0.05) is 40.5 Å². The van der Waals surface area contributed by atoms with Crippen molar-refractivity contribution in [3.05, 3.63) is 64.8 Å². The number of hydrogen-bond acceptors (Lipinski definition) is 1. The Kier molecular flexibility index (Phi) is 6.57. The minimum atomic E-state index is -2.43. The van der Waals surface area contributed by atoms with Crippen molar-refractivity contribution in [2.45, 2.75) is 6.43 Å². The van der Waals surface area contributed by atoms with Gasteiger partial charge in [0.15, 0.2) is 0 Å². The second-order valence-electron chi connectivity index (χ2n) is 3.80. The van der Waals surface area contributed by atoms with Crippen molar-refractivity contribution in [2.75, 3.05) is 6.54 Å². The third-order valence-electron chi connectivity index (χ3n) is 2.57. The summed E-state index contributed by atoms with van der Waals surface area (Å²) in [6, 6.07) is 9.33. The Balaban J connectivity index is 0.00000180. The zero-order valence-corrected chi connectivity index (χ0v) is 14.5. The Labute approximate surface area is 145 Å². The molecule has 0 saturated carbocycles. The fourth-order valence-electron chi connectivity index (χ4n) is 1.73. The van der Waals surface area contributed by atoms with Gasteiger partial charge in [0.1, 0.15) is 0 Å². The molecule has 0 saturated heterocycles. The van der Waals surface area contributed by atoms with Crippen molar-refractivity contribution >= 4 is 21.6 Å². The number of halogens is 3. The average Bonchev–Trinajstić information content (AvgIpc) is 2.36. The molecule has 5 heteroatoms. The zero-order chi connectivity index (χ0) is 13.1. The van der Waals surface area contributed by atoms with Gasteiger partial charge >= 0.3 is 0 Å². The minimum Gasteiger partial charge on any atom is -0.369 e. The number of alkyl halides is 2. The van der Waals surface area contributed by atoms with Crippen molar-refractivity contribution in [1.29, 1.82) is 0 Å². The van der Waals surface area contributed by atoms with Gasteiger partial charge in [-0.25, -0.2) is 8.78 Å². The Morgan fingerprint density at radius 2 is 1.89 bits per heavy atom. The normalized spacial score (nSPS) is 14.9. The number of nitrogens with zero attached hydrogens (tertiary/aromatic N) is 1. The molecule has 0 aromatic heterocycles. The number of hydrogen-bond donors (Lipinski definition) is 0. The molecule has 1 aliphatic rings. The molecule has 1 heterocycles. The van der Waals surface area contributed by atoms with Crippen LogP contribution in [0.1, 0.15) is 5.56 Å². The molecule has 1 aromatic rings. The average molecular weight is 400 g/mol. The van der Waals surface area contributed by atoms with E-state index in [1.54, 1.807) is 6.08 Å². The zero-order valence-electron chi connectivity index (χ0n) is 10.1. The van der Waals surface area contributed by atoms with Crippen LogP contribution in [0.15, 0.2) is 53.2 Å². The molecule has 0 N–H and O–H groups in total. The van der Waals surface area contributed by atoms with Gasteiger partial charge in [0.2, 0.25) is 0 Å². The summed E-state index contributed by atoms with van der Waals surface area (Å²) >= 11 is 3.28. The number of benzene rings is 1. The smallest absolute Gasteiger partial charge is 0.256 e. The second-order valence-corrected chi connectivity index (χ2v) is 4.65. The largest absolute Gasteiger partial charge is 0.369 e. The maximum atomic E-state index is 12.7. The van der Waals surface area contributed by atoms with Crippen LogP contribution in [0.2, 0.25) is 0 Å². The van der Waals surface area contributed by atoms with Gasteiger partial charge in [-0.3, -0.25) is 0 Å². The molecule has 1 aromatic carbocycles. The fourth-order valence-corrected chi connectivity index (χ4v) is 2.06. The molecule has 2 rings (SSSR count). The molecule has 19 heavy (non-hydrogen) atoms. The first kappa shape index (κ1) is 16.7. The van der Waals surface area contributed by atoms with Crippen LogP contribution in [0.3, 0.4) is 0 Å². The third kappa shape index (κ3) is 4.07. The molecule has 1 radical (unpaired) electrons. The first-order chi connectivity index (χ1) is 8.59. The van der Waals surface area contributed by atoms with Gasteiger partial charge in [0.05, 0.1) is 6.54 Å². The van der Waals surface area contributed by atoms with E-state index in [4.69, 9.17) is 0 Å². The first-order valence-electron chi connectivity index (χ1n) is 5.39. The third-order valence-corrected chi connectivity index (χ3v) is 3.26. The van der Waals surface area contributed by atoms with E-state index in [1.165, 1.54) is 4.90 Å². The van der Waals surface area contributed by atoms with Crippen molar-refractivity contribution in [1.82, 2.24) is 4.90 Å². The number of allylic oxidation sites excluding steroid dienone is 3. The molecule has 1 aliphatic heterocycles. The number of rotatable bonds is 3. The quantitative estimate of drug-likeness (QED) is 0.688. The van der Waals surface area contributed by atoms with Crippen molar-refractivity contribution in [2.24, 2.45) is 0 Å². The maximum absolute atomic E-state index is 12.7. The summed E-state index contributed by atoms with van der Waals surface area (Å²) in [4.78, 5) is 1.48. The van der Waals surface area contributed by atoms with E-state index in [0.29, 0.717) is 15.9 Å². The predicted molar refractivity (Wildman–Crippen MR) is 72.0 cm³/mol. The Morgan fingerprint density at radius 1 is 1.26 bits per heavy atom. The maximum Gasteiger partial charge on any atom is 0.256 e. The van der Waals surface area contributed by atoms with E-state index < -0.39 is 6.43 Å². The van der Waals surface area contributed by atoms with Gasteiger partial charge in [-0.2, -0.15) is 12.2 Å². The summed E-state index contributed by atoms with van der Waals surface area (Å²) in [5, 5.41) is 0. The van der Waals surface area contributed by atoms with Gasteiger partial charge in [0.25, 0.3) is 6.43 Å². The molecular weight excluding hydrogens is 389 g/mol. The van der Waals surface area contributed by atoms with Crippen LogP contribution in [-0.2, 0) is 32.7 Å². The van der Waals surface area contributed by atoms with Crippen LogP contribution >= 0.6 is 15.9 Å². The van der Waals surface area contributed by atoms with Gasteiger partial charge in [-0.05, 0) is 5.70 Å². The summed E-state index contributed by atoms with van der Waals surface area (Å²) < 4.78 is 26.0. The molecule has 0 aliphatic carbocycles. The summed E-state index contributed by atoms with van der Waals surface area (Å²) in [6.07, 6.45) is 2.28. The van der Waals surface area contributed by atoms with Crippen LogP contribution in [-0.4, -0.2) is 17.9 Å². The summed E-state index contributed by atoms with van der Waals surface area (Å²) in [5.74, 6) is 0. The van der Waals surface area contributed by atoms with Crippen molar-refractivity contribution < 1.29 is 41.5 Å². The molecule has 0 unspecified atom stereocenters. The van der Waals surface area contributed by atoms with E-state index in [2.05, 4.69) is 28.6 Å². The van der Waals surface area contributed by atoms with Gasteiger partial charge in [-0.15, -0.1) is 28.1 Å². The topological polar surface area (TPSA) is 3.24 Å². The summed E-state index contributed by atoms with van der Waals surface area (Å²) in [7, 11) is 0. The molecular formula is C14H11BrF2NY-. The predicted octanol–water partition coefficient (Wildman–Crippen LogP) is 4.20. The van der Waals surface area contributed by atoms with Crippen LogP contribution in [0.25, 0.3) is 5.70 Å². The molecule has 0 spiro atoms. The molecule has 0 bridgehead atoms. The van der Waals surface area contributed by atoms with Crippen LogP contribution < -0.4 is 0 Å². The molecule has 0 fully saturated rings. The Hall–Kier alpha value is -0.316. The summed E-state index contributed by atoms with van der Waals surface area (Å²) in [5.41, 5.74) is 1.98. The van der Waals surface area contributed by atoms with E-state index >= 15 is 0 Å². The molecule has 1 nitrogen and oxygen atoms in total. The van der Waals surface area contributed by atoms with Crippen LogP contribution in [0.5, 0.6) is 0 Å². The van der Waals surface area contributed by atoms with Crippen LogP contribution in [0, 0.1) is 6.08 Å². The first-order valence-corrected chi connectivity index (χ1v) is 6.18. The van der Waals surface area contributed by atoms with E-state index in [-0.39, 0.29) is 39.3 Å². The SMILES string of the molecule is C=C1C(Br)=C[C-]=C(c2ccccc2)N1CC(F)F.[Y]. The summed E-state index contributed by atoms with van der Waals surface area (Å²) in [6.45, 7) is 3.43. The van der Waals surface area contributed by atoms with Crippen molar-refractivity contribution in [3.8, 4) is 0 Å².